The van der Waals surface area contributed by atoms with Crippen molar-refractivity contribution in [1.29, 1.82) is 0 Å². The van der Waals surface area contributed by atoms with E-state index in [-0.39, 0.29) is 12.5 Å². The van der Waals surface area contributed by atoms with E-state index in [1.165, 1.54) is 0 Å². The van der Waals surface area contributed by atoms with E-state index in [1.54, 1.807) is 23.2 Å². The highest BCUT2D eigenvalue weighted by Gasteiger charge is 2.41. The molecule has 2 atom stereocenters. The molecular weight excluding hydrogens is 320 g/mol. The average Bonchev–Trinajstić information content (AvgIpc) is 3.05. The number of hydrogen-bond acceptors (Lipinski definition) is 5. The van der Waals surface area contributed by atoms with Gasteiger partial charge in [0.25, 0.3) is 0 Å². The lowest BCUT2D eigenvalue weighted by atomic mass is 10.1. The summed E-state index contributed by atoms with van der Waals surface area (Å²) in [4.78, 5) is 25.9. The summed E-state index contributed by atoms with van der Waals surface area (Å²) >= 11 is 0. The van der Waals surface area contributed by atoms with E-state index in [0.717, 1.165) is 5.56 Å². The molecule has 1 aliphatic rings. The summed E-state index contributed by atoms with van der Waals surface area (Å²) in [5.41, 5.74) is 1.65. The molecule has 1 aliphatic heterocycles. The molecule has 0 aliphatic carbocycles. The zero-order chi connectivity index (χ0) is 17.6. The van der Waals surface area contributed by atoms with Gasteiger partial charge in [-0.1, -0.05) is 30.3 Å². The lowest BCUT2D eigenvalue weighted by molar-refractivity contribution is -0.143. The molecule has 0 saturated carbocycles. The summed E-state index contributed by atoms with van der Waals surface area (Å²) in [6.07, 6.45) is 2.56. The number of carboxylic acids is 1. The second-order valence-electron chi connectivity index (χ2n) is 6.04. The molecule has 0 radical (unpaired) electrons. The largest absolute Gasteiger partial charge is 0.480 e. The molecule has 0 spiro atoms. The zero-order valence-electron chi connectivity index (χ0n) is 13.7. The van der Waals surface area contributed by atoms with Crippen molar-refractivity contribution in [2.75, 3.05) is 0 Å². The predicted octanol–water partition coefficient (Wildman–Crippen LogP) is 1.21. The maximum Gasteiger partial charge on any atom is 0.320 e. The van der Waals surface area contributed by atoms with Crippen LogP contribution in [0.1, 0.15) is 24.1 Å². The minimum Gasteiger partial charge on any atom is -0.480 e. The van der Waals surface area contributed by atoms with Gasteiger partial charge in [-0.15, -0.1) is 0 Å². The second-order valence-corrected chi connectivity index (χ2v) is 6.04. The van der Waals surface area contributed by atoms with E-state index in [9.17, 15) is 14.7 Å². The maximum atomic E-state index is 12.6. The molecule has 1 aromatic heterocycles. The van der Waals surface area contributed by atoms with Crippen LogP contribution in [-0.2, 0) is 22.7 Å². The van der Waals surface area contributed by atoms with Crippen LogP contribution < -0.4 is 5.32 Å². The molecule has 7 nitrogen and oxygen atoms in total. The van der Waals surface area contributed by atoms with E-state index < -0.39 is 18.1 Å². The highest BCUT2D eigenvalue weighted by atomic mass is 16.4. The number of likely N-dealkylation sites (tertiary alicyclic amines) is 1. The quantitative estimate of drug-likeness (QED) is 0.821. The Balaban J connectivity index is 1.69. The van der Waals surface area contributed by atoms with E-state index in [4.69, 9.17) is 0 Å². The van der Waals surface area contributed by atoms with Crippen LogP contribution in [0.5, 0.6) is 0 Å². The van der Waals surface area contributed by atoms with Gasteiger partial charge in [0, 0.05) is 12.7 Å². The summed E-state index contributed by atoms with van der Waals surface area (Å²) in [7, 11) is 0. The third kappa shape index (κ3) is 4.19. The molecular formula is C18H20N4O3. The summed E-state index contributed by atoms with van der Waals surface area (Å²) in [6, 6.07) is 12.0. The first kappa shape index (κ1) is 17.0. The number of carboxylic acid groups (broad SMARTS) is 1. The van der Waals surface area contributed by atoms with Gasteiger partial charge >= 0.3 is 5.97 Å². The Morgan fingerprint density at radius 3 is 2.56 bits per heavy atom. The number of aromatic nitrogens is 2. The van der Waals surface area contributed by atoms with Gasteiger partial charge in [-0.25, -0.2) is 0 Å². The molecule has 2 heterocycles. The van der Waals surface area contributed by atoms with Crippen LogP contribution in [0.25, 0.3) is 0 Å². The van der Waals surface area contributed by atoms with Gasteiger partial charge in [0.1, 0.15) is 6.04 Å². The van der Waals surface area contributed by atoms with Crippen LogP contribution in [0.3, 0.4) is 0 Å². The molecule has 2 aromatic rings. The fourth-order valence-corrected chi connectivity index (χ4v) is 3.15. The third-order valence-electron chi connectivity index (χ3n) is 4.38. The van der Waals surface area contributed by atoms with Gasteiger partial charge < -0.3 is 10.4 Å². The Kier molecular flexibility index (Phi) is 5.35. The standard InChI is InChI=1S/C18H20N4O3/c23-17(19-11-14-7-4-10-20-21-14)15-8-9-16(18(24)25)22(15)12-13-5-2-1-3-6-13/h1-7,10,15-16H,8-9,11-12H2,(H,19,23)(H,24,25). The number of nitrogens with one attached hydrogen (secondary N) is 1. The Hall–Kier alpha value is -2.80. The predicted molar refractivity (Wildman–Crippen MR) is 90.3 cm³/mol. The van der Waals surface area contributed by atoms with Crippen molar-refractivity contribution in [2.45, 2.75) is 38.0 Å². The van der Waals surface area contributed by atoms with E-state index >= 15 is 0 Å². The first-order chi connectivity index (χ1) is 12.1. The average molecular weight is 340 g/mol. The van der Waals surface area contributed by atoms with Gasteiger partial charge in [-0.3, -0.25) is 14.5 Å². The normalized spacial score (nSPS) is 20.3. The van der Waals surface area contributed by atoms with Crippen molar-refractivity contribution in [3.8, 4) is 0 Å². The molecule has 3 rings (SSSR count). The maximum absolute atomic E-state index is 12.6. The summed E-state index contributed by atoms with van der Waals surface area (Å²) < 4.78 is 0. The molecule has 130 valence electrons. The van der Waals surface area contributed by atoms with Crippen LogP contribution in [0, 0.1) is 0 Å². The van der Waals surface area contributed by atoms with E-state index in [1.807, 2.05) is 30.3 Å². The first-order valence-corrected chi connectivity index (χ1v) is 8.22. The Labute approximate surface area is 145 Å². The molecule has 1 amide bonds. The summed E-state index contributed by atoms with van der Waals surface area (Å²) in [6.45, 7) is 0.709. The number of nitrogens with zero attached hydrogens (tertiary/aromatic N) is 3. The molecule has 2 unspecified atom stereocenters. The number of aliphatic carboxylic acids is 1. The van der Waals surface area contributed by atoms with Crippen molar-refractivity contribution in [2.24, 2.45) is 0 Å². The SMILES string of the molecule is O=C(O)C1CCC(C(=O)NCc2cccnn2)N1Cc1ccccc1. The fraction of sp³-hybridized carbons (Fsp3) is 0.333. The van der Waals surface area contributed by atoms with Crippen molar-refractivity contribution < 1.29 is 14.7 Å². The molecule has 2 N–H and O–H groups in total. The number of benzene rings is 1. The van der Waals surface area contributed by atoms with Gasteiger partial charge in [0.15, 0.2) is 0 Å². The molecule has 1 aromatic carbocycles. The first-order valence-electron chi connectivity index (χ1n) is 8.22. The van der Waals surface area contributed by atoms with Crippen molar-refractivity contribution >= 4 is 11.9 Å². The smallest absolute Gasteiger partial charge is 0.320 e. The molecule has 0 bridgehead atoms. The van der Waals surface area contributed by atoms with Crippen molar-refractivity contribution in [3.63, 3.8) is 0 Å². The Bertz CT molecular complexity index is 724. The number of rotatable bonds is 6. The molecule has 1 fully saturated rings. The molecule has 25 heavy (non-hydrogen) atoms. The van der Waals surface area contributed by atoms with E-state index in [0.29, 0.717) is 25.1 Å². The minimum atomic E-state index is -0.889. The lowest BCUT2D eigenvalue weighted by Gasteiger charge is -2.27. The van der Waals surface area contributed by atoms with Crippen molar-refractivity contribution in [3.05, 3.63) is 59.9 Å². The highest BCUT2D eigenvalue weighted by molar-refractivity contribution is 5.84. The van der Waals surface area contributed by atoms with Crippen LogP contribution in [-0.4, -0.2) is 44.2 Å². The topological polar surface area (TPSA) is 95.4 Å². The Morgan fingerprint density at radius 2 is 1.88 bits per heavy atom. The number of hydrogen-bond donors (Lipinski definition) is 2. The monoisotopic (exact) mass is 340 g/mol. The summed E-state index contributed by atoms with van der Waals surface area (Å²) in [5.74, 6) is -1.06. The fourth-order valence-electron chi connectivity index (χ4n) is 3.15. The highest BCUT2D eigenvalue weighted by Crippen LogP contribution is 2.27. The van der Waals surface area contributed by atoms with Crippen LogP contribution in [0.4, 0.5) is 0 Å². The number of amides is 1. The zero-order valence-corrected chi connectivity index (χ0v) is 13.7. The lowest BCUT2D eigenvalue weighted by Crippen LogP contribution is -2.47. The number of carbonyl (C=O) groups is 2. The van der Waals surface area contributed by atoms with Gasteiger partial charge in [-0.2, -0.15) is 10.2 Å². The van der Waals surface area contributed by atoms with Gasteiger partial charge in [0.05, 0.1) is 18.3 Å². The second kappa shape index (κ2) is 7.85. The van der Waals surface area contributed by atoms with E-state index in [2.05, 4.69) is 15.5 Å². The third-order valence-corrected chi connectivity index (χ3v) is 4.38. The van der Waals surface area contributed by atoms with Gasteiger partial charge in [0.2, 0.25) is 5.91 Å². The van der Waals surface area contributed by atoms with Crippen molar-refractivity contribution in [1.82, 2.24) is 20.4 Å². The summed E-state index contributed by atoms with van der Waals surface area (Å²) in [5, 5.41) is 20.0. The van der Waals surface area contributed by atoms with Crippen LogP contribution in [0.2, 0.25) is 0 Å². The van der Waals surface area contributed by atoms with Crippen LogP contribution in [0.15, 0.2) is 48.7 Å². The number of carbonyl (C=O) groups excluding carboxylic acids is 1. The molecule has 7 heteroatoms. The van der Waals surface area contributed by atoms with Crippen LogP contribution >= 0.6 is 0 Å². The minimum absolute atomic E-state index is 0.176. The molecule has 1 saturated heterocycles. The van der Waals surface area contributed by atoms with Gasteiger partial charge in [-0.05, 0) is 30.5 Å². The Morgan fingerprint density at radius 1 is 1.12 bits per heavy atom.